The van der Waals surface area contributed by atoms with Gasteiger partial charge in [0.15, 0.2) is 5.16 Å². The van der Waals surface area contributed by atoms with Crippen molar-refractivity contribution in [2.45, 2.75) is 44.7 Å². The van der Waals surface area contributed by atoms with E-state index in [0.29, 0.717) is 25.4 Å². The van der Waals surface area contributed by atoms with Gasteiger partial charge in [0.05, 0.1) is 18.0 Å². The quantitative estimate of drug-likeness (QED) is 0.609. The molecule has 2 aliphatic rings. The number of likely N-dealkylation sites (tertiary alicyclic amines) is 1. The Balaban J connectivity index is 1.25. The van der Waals surface area contributed by atoms with E-state index in [1.54, 1.807) is 6.20 Å². The Morgan fingerprint density at radius 3 is 2.33 bits per heavy atom. The number of carbonyl (C=O) groups excluding carboxylic acids is 2. The molecule has 2 aromatic rings. The molecule has 8 heteroatoms. The Hall–Kier alpha value is -2.32. The first-order valence-electron chi connectivity index (χ1n) is 12.0. The van der Waals surface area contributed by atoms with E-state index in [0.717, 1.165) is 49.9 Å². The molecule has 0 N–H and O–H groups in total. The van der Waals surface area contributed by atoms with Gasteiger partial charge in [-0.2, -0.15) is 0 Å². The second-order valence-corrected chi connectivity index (χ2v) is 10.1. The molecule has 2 aliphatic heterocycles. The topological polar surface area (TPSA) is 61.7 Å². The molecule has 0 radical (unpaired) electrons. The number of hydrogen-bond acceptors (Lipinski definition) is 5. The lowest BCUT2D eigenvalue weighted by Crippen LogP contribution is -2.52. The Morgan fingerprint density at radius 2 is 1.61 bits per heavy atom. The largest absolute Gasteiger partial charge is 0.342 e. The number of piperazine rings is 1. The van der Waals surface area contributed by atoms with Gasteiger partial charge in [-0.3, -0.25) is 19.1 Å². The number of amides is 2. The molecule has 4 rings (SSSR count). The molecule has 2 amide bonds. The van der Waals surface area contributed by atoms with E-state index in [-0.39, 0.29) is 11.8 Å². The van der Waals surface area contributed by atoms with Crippen molar-refractivity contribution in [2.75, 3.05) is 51.6 Å². The van der Waals surface area contributed by atoms with Gasteiger partial charge < -0.3 is 9.80 Å². The lowest BCUT2D eigenvalue weighted by molar-refractivity contribution is -0.134. The third kappa shape index (κ3) is 6.18. The number of aromatic nitrogens is 2. The van der Waals surface area contributed by atoms with Crippen LogP contribution in [-0.2, 0) is 9.59 Å². The van der Waals surface area contributed by atoms with Crippen molar-refractivity contribution in [2.24, 2.45) is 0 Å². The standard InChI is InChI=1S/C25H35N5O2S/c1-20-7-8-21(2)22(17-20)30-12-9-26-25(30)33-19-24(32)29-15-13-27(14-16-29)18-23(31)28-10-5-3-4-6-11-28/h7-9,12,17H,3-6,10-11,13-16,18-19H2,1-2H3. The number of rotatable bonds is 6. The summed E-state index contributed by atoms with van der Waals surface area (Å²) in [6.07, 6.45) is 8.44. The fourth-order valence-electron chi connectivity index (χ4n) is 4.54. The highest BCUT2D eigenvalue weighted by atomic mass is 32.2. The van der Waals surface area contributed by atoms with Crippen LogP contribution < -0.4 is 0 Å². The molecule has 0 aliphatic carbocycles. The number of thioether (sulfide) groups is 1. The van der Waals surface area contributed by atoms with Gasteiger partial charge in [-0.15, -0.1) is 0 Å². The summed E-state index contributed by atoms with van der Waals surface area (Å²) in [7, 11) is 0. The van der Waals surface area contributed by atoms with Crippen molar-refractivity contribution in [3.8, 4) is 5.69 Å². The number of carbonyl (C=O) groups is 2. The molecule has 33 heavy (non-hydrogen) atoms. The second-order valence-electron chi connectivity index (χ2n) is 9.11. The normalized spacial score (nSPS) is 17.8. The molecular weight excluding hydrogens is 434 g/mol. The minimum absolute atomic E-state index is 0.133. The Labute approximate surface area is 201 Å². The zero-order valence-electron chi connectivity index (χ0n) is 19.8. The summed E-state index contributed by atoms with van der Waals surface area (Å²) in [6, 6.07) is 6.36. The van der Waals surface area contributed by atoms with Crippen LogP contribution >= 0.6 is 11.8 Å². The third-order valence-corrected chi connectivity index (χ3v) is 7.55. The number of nitrogens with zero attached hydrogens (tertiary/aromatic N) is 5. The lowest BCUT2D eigenvalue weighted by Gasteiger charge is -2.35. The van der Waals surface area contributed by atoms with Crippen LogP contribution in [0.3, 0.4) is 0 Å². The van der Waals surface area contributed by atoms with Gasteiger partial charge in [0.1, 0.15) is 0 Å². The predicted octanol–water partition coefficient (Wildman–Crippen LogP) is 3.13. The van der Waals surface area contributed by atoms with Gasteiger partial charge in [-0.05, 0) is 43.9 Å². The van der Waals surface area contributed by atoms with Crippen LogP contribution in [0.4, 0.5) is 0 Å². The Kier molecular flexibility index (Phi) is 8.09. The molecule has 7 nitrogen and oxygen atoms in total. The minimum Gasteiger partial charge on any atom is -0.342 e. The summed E-state index contributed by atoms with van der Waals surface area (Å²) in [5.74, 6) is 0.744. The SMILES string of the molecule is Cc1ccc(C)c(-n2ccnc2SCC(=O)N2CCN(CC(=O)N3CCCCCC3)CC2)c1. The third-order valence-electron chi connectivity index (χ3n) is 6.60. The van der Waals surface area contributed by atoms with E-state index in [2.05, 4.69) is 46.5 Å². The van der Waals surface area contributed by atoms with Crippen LogP contribution in [0, 0.1) is 13.8 Å². The van der Waals surface area contributed by atoms with Crippen molar-refractivity contribution >= 4 is 23.6 Å². The van der Waals surface area contributed by atoms with Crippen LogP contribution in [0.5, 0.6) is 0 Å². The van der Waals surface area contributed by atoms with Crippen LogP contribution in [0.15, 0.2) is 35.7 Å². The Morgan fingerprint density at radius 1 is 0.909 bits per heavy atom. The summed E-state index contributed by atoms with van der Waals surface area (Å²) in [4.78, 5) is 36.1. The average Bonchev–Trinajstić information content (AvgIpc) is 3.11. The summed E-state index contributed by atoms with van der Waals surface area (Å²) in [5.41, 5.74) is 3.48. The molecule has 0 spiro atoms. The molecule has 0 saturated carbocycles. The maximum Gasteiger partial charge on any atom is 0.236 e. The van der Waals surface area contributed by atoms with Crippen LogP contribution in [0.25, 0.3) is 5.69 Å². The van der Waals surface area contributed by atoms with Gasteiger partial charge in [-0.1, -0.05) is 36.7 Å². The summed E-state index contributed by atoms with van der Waals surface area (Å²) < 4.78 is 2.06. The number of aryl methyl sites for hydroxylation is 2. The van der Waals surface area contributed by atoms with E-state index in [4.69, 9.17) is 0 Å². The highest BCUT2D eigenvalue weighted by Crippen LogP contribution is 2.24. The highest BCUT2D eigenvalue weighted by molar-refractivity contribution is 7.99. The van der Waals surface area contributed by atoms with E-state index >= 15 is 0 Å². The van der Waals surface area contributed by atoms with E-state index < -0.39 is 0 Å². The van der Waals surface area contributed by atoms with Crippen molar-refractivity contribution in [1.29, 1.82) is 0 Å². The molecule has 3 heterocycles. The van der Waals surface area contributed by atoms with Gasteiger partial charge in [-0.25, -0.2) is 4.98 Å². The molecule has 0 atom stereocenters. The highest BCUT2D eigenvalue weighted by Gasteiger charge is 2.25. The van der Waals surface area contributed by atoms with E-state index in [1.165, 1.54) is 35.7 Å². The zero-order chi connectivity index (χ0) is 23.2. The second kappa shape index (κ2) is 11.2. The van der Waals surface area contributed by atoms with Crippen molar-refractivity contribution in [3.05, 3.63) is 41.7 Å². The number of benzene rings is 1. The molecule has 0 unspecified atom stereocenters. The van der Waals surface area contributed by atoms with Crippen molar-refractivity contribution in [1.82, 2.24) is 24.3 Å². The molecule has 1 aromatic carbocycles. The van der Waals surface area contributed by atoms with Gasteiger partial charge in [0, 0.05) is 51.7 Å². The van der Waals surface area contributed by atoms with E-state index in [9.17, 15) is 9.59 Å². The molecule has 2 fully saturated rings. The van der Waals surface area contributed by atoms with Crippen LogP contribution in [-0.4, -0.2) is 87.6 Å². The maximum atomic E-state index is 12.9. The summed E-state index contributed by atoms with van der Waals surface area (Å²) >= 11 is 1.48. The number of imidazole rings is 1. The first kappa shape index (κ1) is 23.8. The monoisotopic (exact) mass is 469 g/mol. The van der Waals surface area contributed by atoms with Gasteiger partial charge in [0.25, 0.3) is 0 Å². The molecule has 178 valence electrons. The lowest BCUT2D eigenvalue weighted by atomic mass is 10.1. The molecule has 1 aromatic heterocycles. The van der Waals surface area contributed by atoms with Crippen LogP contribution in [0.2, 0.25) is 0 Å². The van der Waals surface area contributed by atoms with E-state index in [1.807, 2.05) is 16.0 Å². The molecular formula is C25H35N5O2S. The number of hydrogen-bond donors (Lipinski definition) is 0. The first-order valence-corrected chi connectivity index (χ1v) is 13.0. The molecule has 0 bridgehead atoms. The average molecular weight is 470 g/mol. The zero-order valence-corrected chi connectivity index (χ0v) is 20.6. The fourth-order valence-corrected chi connectivity index (χ4v) is 5.41. The first-order chi connectivity index (χ1) is 16.0. The smallest absolute Gasteiger partial charge is 0.236 e. The molecule has 2 saturated heterocycles. The van der Waals surface area contributed by atoms with Crippen molar-refractivity contribution in [3.63, 3.8) is 0 Å². The fraction of sp³-hybridized carbons (Fsp3) is 0.560. The van der Waals surface area contributed by atoms with Gasteiger partial charge >= 0.3 is 0 Å². The van der Waals surface area contributed by atoms with Crippen molar-refractivity contribution < 1.29 is 9.59 Å². The van der Waals surface area contributed by atoms with Crippen LogP contribution in [0.1, 0.15) is 36.8 Å². The Bertz CT molecular complexity index is 959. The minimum atomic E-state index is 0.133. The summed E-state index contributed by atoms with van der Waals surface area (Å²) in [6.45, 7) is 9.31. The predicted molar refractivity (Wildman–Crippen MR) is 132 cm³/mol. The maximum absolute atomic E-state index is 12.9. The van der Waals surface area contributed by atoms with Gasteiger partial charge in [0.2, 0.25) is 11.8 Å². The summed E-state index contributed by atoms with van der Waals surface area (Å²) in [5, 5.41) is 0.832.